The van der Waals surface area contributed by atoms with Gasteiger partial charge in [-0.25, -0.2) is 4.79 Å². The minimum Gasteiger partial charge on any atom is -0.319 e. The van der Waals surface area contributed by atoms with Crippen LogP contribution in [0.4, 0.5) is 10.5 Å². The summed E-state index contributed by atoms with van der Waals surface area (Å²) in [7, 11) is 0. The first-order valence-electron chi connectivity index (χ1n) is 6.84. The number of carbonyl (C=O) groups is 1. The van der Waals surface area contributed by atoms with Crippen molar-refractivity contribution in [3.05, 3.63) is 28.8 Å². The van der Waals surface area contributed by atoms with Crippen LogP contribution in [0.5, 0.6) is 0 Å². The fraction of sp³-hybridized carbons (Fsp3) is 0.533. The summed E-state index contributed by atoms with van der Waals surface area (Å²) < 4.78 is 0. The van der Waals surface area contributed by atoms with Crippen molar-refractivity contribution in [3.63, 3.8) is 0 Å². The first-order chi connectivity index (χ1) is 8.99. The highest BCUT2D eigenvalue weighted by Gasteiger charge is 2.29. The molecule has 1 aliphatic heterocycles. The Kier molecular flexibility index (Phi) is 4.35. The second-order valence-electron chi connectivity index (χ2n) is 5.43. The predicted octanol–water partition coefficient (Wildman–Crippen LogP) is 4.44. The number of likely N-dealkylation sites (tertiary alicyclic amines) is 1. The molecule has 1 aromatic carbocycles. The highest BCUT2D eigenvalue weighted by Crippen LogP contribution is 2.25. The first kappa shape index (κ1) is 14.2. The number of halogens is 1. The molecule has 0 spiro atoms. The van der Waals surface area contributed by atoms with E-state index in [9.17, 15) is 4.79 Å². The van der Waals surface area contributed by atoms with Gasteiger partial charge in [0.05, 0.1) is 0 Å². The third kappa shape index (κ3) is 3.21. The highest BCUT2D eigenvalue weighted by atomic mass is 35.5. The lowest BCUT2D eigenvalue weighted by molar-refractivity contribution is 0.133. The summed E-state index contributed by atoms with van der Waals surface area (Å²) in [4.78, 5) is 14.4. The highest BCUT2D eigenvalue weighted by molar-refractivity contribution is 6.31. The van der Waals surface area contributed by atoms with Crippen LogP contribution in [0.15, 0.2) is 18.2 Å². The van der Waals surface area contributed by atoms with E-state index in [-0.39, 0.29) is 6.03 Å². The van der Waals surface area contributed by atoms with Gasteiger partial charge in [-0.05, 0) is 57.7 Å². The lowest BCUT2D eigenvalue weighted by Gasteiger charge is -2.39. The molecule has 2 atom stereocenters. The van der Waals surface area contributed by atoms with Gasteiger partial charge in [0.15, 0.2) is 0 Å². The van der Waals surface area contributed by atoms with Crippen LogP contribution in [-0.2, 0) is 0 Å². The van der Waals surface area contributed by atoms with E-state index in [0.717, 1.165) is 24.1 Å². The van der Waals surface area contributed by atoms with Crippen molar-refractivity contribution in [1.29, 1.82) is 0 Å². The molecule has 1 fully saturated rings. The molecule has 3 nitrogen and oxygen atoms in total. The third-order valence-corrected chi connectivity index (χ3v) is 4.10. The fourth-order valence-corrected chi connectivity index (χ4v) is 2.90. The van der Waals surface area contributed by atoms with E-state index < -0.39 is 0 Å². The molecular weight excluding hydrogens is 260 g/mol. The van der Waals surface area contributed by atoms with Crippen LogP contribution in [0.2, 0.25) is 5.02 Å². The second kappa shape index (κ2) is 5.83. The molecule has 1 aliphatic rings. The summed E-state index contributed by atoms with van der Waals surface area (Å²) >= 11 is 5.98. The number of nitrogens with zero attached hydrogens (tertiary/aromatic N) is 1. The zero-order chi connectivity index (χ0) is 14.0. The lowest BCUT2D eigenvalue weighted by Crippen LogP contribution is -2.49. The normalized spacial score (nSPS) is 23.3. The van der Waals surface area contributed by atoms with Crippen molar-refractivity contribution < 1.29 is 4.79 Å². The van der Waals surface area contributed by atoms with Gasteiger partial charge >= 0.3 is 6.03 Å². The summed E-state index contributed by atoms with van der Waals surface area (Å²) in [5, 5.41) is 3.62. The molecule has 1 heterocycles. The number of hydrogen-bond acceptors (Lipinski definition) is 1. The van der Waals surface area contributed by atoms with E-state index in [1.807, 2.05) is 24.0 Å². The van der Waals surface area contributed by atoms with Gasteiger partial charge in [0, 0.05) is 22.8 Å². The van der Waals surface area contributed by atoms with Crippen LogP contribution in [0, 0.1) is 6.92 Å². The van der Waals surface area contributed by atoms with Gasteiger partial charge in [-0.15, -0.1) is 0 Å². The molecule has 0 bridgehead atoms. The van der Waals surface area contributed by atoms with Gasteiger partial charge in [0.25, 0.3) is 0 Å². The Labute approximate surface area is 119 Å². The molecule has 0 aliphatic carbocycles. The quantitative estimate of drug-likeness (QED) is 0.810. The van der Waals surface area contributed by atoms with Crippen LogP contribution in [0.25, 0.3) is 0 Å². The van der Waals surface area contributed by atoms with E-state index in [2.05, 4.69) is 19.2 Å². The Morgan fingerprint density at radius 1 is 1.32 bits per heavy atom. The standard InChI is InChI=1S/C15H21ClN2O/c1-10-7-8-13(16)9-14(10)17-15(19)18-11(2)5-4-6-12(18)3/h7-9,11-12H,4-6H2,1-3H3,(H,17,19). The number of benzene rings is 1. The number of rotatable bonds is 1. The molecule has 1 saturated heterocycles. The van der Waals surface area contributed by atoms with Crippen molar-refractivity contribution in [1.82, 2.24) is 4.90 Å². The van der Waals surface area contributed by atoms with E-state index >= 15 is 0 Å². The average Bonchev–Trinajstić information content (AvgIpc) is 2.33. The molecule has 0 saturated carbocycles. The van der Waals surface area contributed by atoms with Crippen LogP contribution in [0.1, 0.15) is 38.7 Å². The number of anilines is 1. The Bertz CT molecular complexity index is 465. The number of hydrogen-bond donors (Lipinski definition) is 1. The van der Waals surface area contributed by atoms with Crippen LogP contribution in [0.3, 0.4) is 0 Å². The van der Waals surface area contributed by atoms with Crippen molar-refractivity contribution >= 4 is 23.3 Å². The van der Waals surface area contributed by atoms with Crippen molar-refractivity contribution in [3.8, 4) is 0 Å². The number of carbonyl (C=O) groups excluding carboxylic acids is 1. The van der Waals surface area contributed by atoms with Gasteiger partial charge in [0.1, 0.15) is 0 Å². The molecule has 4 heteroatoms. The minimum absolute atomic E-state index is 0.0231. The van der Waals surface area contributed by atoms with E-state index in [1.54, 1.807) is 6.07 Å². The maximum absolute atomic E-state index is 12.4. The maximum Gasteiger partial charge on any atom is 0.322 e. The topological polar surface area (TPSA) is 32.3 Å². The minimum atomic E-state index is -0.0231. The van der Waals surface area contributed by atoms with Gasteiger partial charge in [-0.1, -0.05) is 17.7 Å². The second-order valence-corrected chi connectivity index (χ2v) is 5.86. The molecule has 2 amide bonds. The van der Waals surface area contributed by atoms with Crippen LogP contribution in [-0.4, -0.2) is 23.0 Å². The Morgan fingerprint density at radius 2 is 1.95 bits per heavy atom. The first-order valence-corrected chi connectivity index (χ1v) is 7.22. The Morgan fingerprint density at radius 3 is 2.58 bits per heavy atom. The molecule has 19 heavy (non-hydrogen) atoms. The van der Waals surface area contributed by atoms with Crippen LogP contribution < -0.4 is 5.32 Å². The number of urea groups is 1. The summed E-state index contributed by atoms with van der Waals surface area (Å²) in [6.45, 7) is 6.19. The Balaban J connectivity index is 2.13. The molecule has 2 rings (SSSR count). The van der Waals surface area contributed by atoms with Gasteiger partial charge in [0.2, 0.25) is 0 Å². The summed E-state index contributed by atoms with van der Waals surface area (Å²) in [5.74, 6) is 0. The molecular formula is C15H21ClN2O. The summed E-state index contributed by atoms with van der Waals surface area (Å²) in [5.41, 5.74) is 1.82. The van der Waals surface area contributed by atoms with Crippen LogP contribution >= 0.6 is 11.6 Å². The molecule has 1 N–H and O–H groups in total. The summed E-state index contributed by atoms with van der Waals surface area (Å²) in [6.07, 6.45) is 3.35. The predicted molar refractivity (Wildman–Crippen MR) is 79.8 cm³/mol. The van der Waals surface area contributed by atoms with Crippen molar-refractivity contribution in [2.75, 3.05) is 5.32 Å². The van der Waals surface area contributed by atoms with Gasteiger partial charge < -0.3 is 10.2 Å². The average molecular weight is 281 g/mol. The van der Waals surface area contributed by atoms with E-state index in [1.165, 1.54) is 6.42 Å². The van der Waals surface area contributed by atoms with E-state index in [0.29, 0.717) is 17.1 Å². The van der Waals surface area contributed by atoms with Gasteiger partial charge in [-0.3, -0.25) is 0 Å². The smallest absolute Gasteiger partial charge is 0.319 e. The zero-order valence-corrected chi connectivity index (χ0v) is 12.5. The monoisotopic (exact) mass is 280 g/mol. The number of piperidine rings is 1. The summed E-state index contributed by atoms with van der Waals surface area (Å²) in [6, 6.07) is 6.12. The molecule has 0 radical (unpaired) electrons. The Hall–Kier alpha value is -1.22. The fourth-order valence-electron chi connectivity index (χ4n) is 2.73. The molecule has 104 valence electrons. The molecule has 0 aromatic heterocycles. The zero-order valence-electron chi connectivity index (χ0n) is 11.7. The SMILES string of the molecule is Cc1ccc(Cl)cc1NC(=O)N1C(C)CCCC1C. The van der Waals surface area contributed by atoms with Crippen molar-refractivity contribution in [2.24, 2.45) is 0 Å². The lowest BCUT2D eigenvalue weighted by atomic mass is 9.98. The maximum atomic E-state index is 12.4. The van der Waals surface area contributed by atoms with Crippen molar-refractivity contribution in [2.45, 2.75) is 52.1 Å². The van der Waals surface area contributed by atoms with E-state index in [4.69, 9.17) is 11.6 Å². The number of nitrogens with one attached hydrogen (secondary N) is 1. The number of aryl methyl sites for hydroxylation is 1. The van der Waals surface area contributed by atoms with Gasteiger partial charge in [-0.2, -0.15) is 0 Å². The number of amides is 2. The largest absolute Gasteiger partial charge is 0.322 e. The molecule has 2 unspecified atom stereocenters. The molecule has 1 aromatic rings. The third-order valence-electron chi connectivity index (χ3n) is 3.87.